The number of nitrogens with zero attached hydrogens (tertiary/aromatic N) is 1. The van der Waals surface area contributed by atoms with Crippen LogP contribution in [0, 0.1) is 6.92 Å². The highest BCUT2D eigenvalue weighted by molar-refractivity contribution is 7.24. The van der Waals surface area contributed by atoms with Crippen molar-refractivity contribution in [1.82, 2.24) is 4.98 Å². The van der Waals surface area contributed by atoms with Gasteiger partial charge in [0.05, 0.1) is 10.6 Å². The number of thiophene rings is 1. The molecular weight excluding hydrogens is 290 g/mol. The van der Waals surface area contributed by atoms with Gasteiger partial charge in [-0.3, -0.25) is 0 Å². The number of carbonyl (C=O) groups is 1. The number of hydrogen-bond donors (Lipinski definition) is 1. The molecule has 0 radical (unpaired) electrons. The average molecular weight is 301 g/mol. The fraction of sp³-hybridized carbons (Fsp3) is 0.0667. The predicted molar refractivity (Wildman–Crippen MR) is 82.6 cm³/mol. The second-order valence-corrected chi connectivity index (χ2v) is 6.35. The maximum absolute atomic E-state index is 11.1. The van der Waals surface area contributed by atoms with Gasteiger partial charge in [0.15, 0.2) is 0 Å². The van der Waals surface area contributed by atoms with Gasteiger partial charge in [0.2, 0.25) is 0 Å². The van der Waals surface area contributed by atoms with Crippen LogP contribution >= 0.6 is 22.7 Å². The van der Waals surface area contributed by atoms with Crippen molar-refractivity contribution in [3.63, 3.8) is 0 Å². The van der Waals surface area contributed by atoms with Crippen LogP contribution in [0.1, 0.15) is 15.4 Å². The van der Waals surface area contributed by atoms with Crippen molar-refractivity contribution in [2.45, 2.75) is 6.92 Å². The number of hydrogen-bond acceptors (Lipinski definition) is 4. The summed E-state index contributed by atoms with van der Waals surface area (Å²) in [4.78, 5) is 17.9. The van der Waals surface area contributed by atoms with E-state index in [1.807, 2.05) is 30.3 Å². The Morgan fingerprint density at radius 2 is 1.75 bits per heavy atom. The summed E-state index contributed by atoms with van der Waals surface area (Å²) in [5.41, 5.74) is 1.74. The predicted octanol–water partition coefficient (Wildman–Crippen LogP) is 4.55. The third kappa shape index (κ3) is 2.37. The smallest absolute Gasteiger partial charge is 0.347 e. The molecule has 3 aromatic rings. The van der Waals surface area contributed by atoms with Gasteiger partial charge in [-0.1, -0.05) is 30.3 Å². The first kappa shape index (κ1) is 13.0. The number of aromatic nitrogens is 1. The number of carboxylic acids is 1. The molecule has 3 nitrogen and oxygen atoms in total. The van der Waals surface area contributed by atoms with Crippen molar-refractivity contribution >= 4 is 28.6 Å². The van der Waals surface area contributed by atoms with E-state index in [1.54, 1.807) is 18.3 Å². The number of carboxylic acid groups (broad SMARTS) is 1. The number of rotatable bonds is 3. The lowest BCUT2D eigenvalue weighted by Gasteiger charge is -1.94. The first-order valence-corrected chi connectivity index (χ1v) is 7.65. The van der Waals surface area contributed by atoms with Gasteiger partial charge in [-0.2, -0.15) is 0 Å². The molecule has 2 aromatic heterocycles. The summed E-state index contributed by atoms with van der Waals surface area (Å²) in [6, 6.07) is 14.2. The van der Waals surface area contributed by atoms with E-state index in [1.165, 1.54) is 11.3 Å². The maximum Gasteiger partial charge on any atom is 0.347 e. The summed E-state index contributed by atoms with van der Waals surface area (Å²) >= 11 is 2.86. The first-order chi connectivity index (χ1) is 9.65. The Labute approximate surface area is 124 Å². The zero-order valence-corrected chi connectivity index (χ0v) is 12.3. The molecular formula is C15H11NO2S2. The number of thiazole rings is 1. The highest BCUT2D eigenvalue weighted by Crippen LogP contribution is 2.37. The molecule has 0 aliphatic carbocycles. The summed E-state index contributed by atoms with van der Waals surface area (Å²) in [5.74, 6) is -0.911. The minimum absolute atomic E-state index is 0.315. The third-order valence-corrected chi connectivity index (χ3v) is 5.31. The van der Waals surface area contributed by atoms with E-state index in [4.69, 9.17) is 5.11 Å². The molecule has 0 atom stereocenters. The number of aromatic carboxylic acids is 1. The summed E-state index contributed by atoms with van der Waals surface area (Å²) in [6.07, 6.45) is 0. The van der Waals surface area contributed by atoms with Crippen molar-refractivity contribution in [3.05, 3.63) is 53.0 Å². The molecule has 1 N–H and O–H groups in total. The van der Waals surface area contributed by atoms with Crippen LogP contribution < -0.4 is 0 Å². The second-order valence-electron chi connectivity index (χ2n) is 4.27. The van der Waals surface area contributed by atoms with Crippen LogP contribution in [0.4, 0.5) is 0 Å². The summed E-state index contributed by atoms with van der Waals surface area (Å²) < 4.78 is 0. The quantitative estimate of drug-likeness (QED) is 0.772. The summed E-state index contributed by atoms with van der Waals surface area (Å²) in [7, 11) is 0. The standard InChI is InChI=1S/C15H11NO2S2/c1-9-13(15(17)18)20-14(16-9)12-8-7-11(19-12)10-5-3-2-4-6-10/h2-8H,1H3,(H,17,18). The maximum atomic E-state index is 11.1. The molecule has 0 saturated carbocycles. The van der Waals surface area contributed by atoms with E-state index < -0.39 is 5.97 Å². The Bertz CT molecular complexity index is 759. The van der Waals surface area contributed by atoms with Crippen LogP contribution in [-0.4, -0.2) is 16.1 Å². The third-order valence-electron chi connectivity index (χ3n) is 2.87. The van der Waals surface area contributed by atoms with Gasteiger partial charge in [0.25, 0.3) is 0 Å². The van der Waals surface area contributed by atoms with Gasteiger partial charge in [0, 0.05) is 4.88 Å². The molecule has 0 aliphatic rings. The van der Waals surface area contributed by atoms with Crippen LogP contribution in [0.15, 0.2) is 42.5 Å². The van der Waals surface area contributed by atoms with Crippen LogP contribution in [-0.2, 0) is 0 Å². The molecule has 1 aromatic carbocycles. The van der Waals surface area contributed by atoms with E-state index >= 15 is 0 Å². The van der Waals surface area contributed by atoms with E-state index in [0.29, 0.717) is 10.6 Å². The van der Waals surface area contributed by atoms with E-state index in [0.717, 1.165) is 20.3 Å². The van der Waals surface area contributed by atoms with Crippen molar-refractivity contribution in [3.8, 4) is 20.3 Å². The normalized spacial score (nSPS) is 10.7. The zero-order chi connectivity index (χ0) is 14.1. The van der Waals surface area contributed by atoms with Crippen LogP contribution in [0.2, 0.25) is 0 Å². The molecule has 0 fully saturated rings. The summed E-state index contributed by atoms with van der Waals surface area (Å²) in [6.45, 7) is 1.73. The van der Waals surface area contributed by atoms with Gasteiger partial charge >= 0.3 is 5.97 Å². The van der Waals surface area contributed by atoms with Gasteiger partial charge in [0.1, 0.15) is 9.88 Å². The van der Waals surface area contributed by atoms with Crippen molar-refractivity contribution in [2.75, 3.05) is 0 Å². The highest BCUT2D eigenvalue weighted by atomic mass is 32.1. The number of benzene rings is 1. The average Bonchev–Trinajstić information content (AvgIpc) is 3.06. The van der Waals surface area contributed by atoms with Gasteiger partial charge in [-0.05, 0) is 24.6 Å². The molecule has 0 amide bonds. The van der Waals surface area contributed by atoms with Crippen LogP contribution in [0.5, 0.6) is 0 Å². The first-order valence-electron chi connectivity index (χ1n) is 6.01. The lowest BCUT2D eigenvalue weighted by atomic mass is 10.2. The topological polar surface area (TPSA) is 50.2 Å². The molecule has 0 spiro atoms. The fourth-order valence-electron chi connectivity index (χ4n) is 1.91. The molecule has 100 valence electrons. The minimum Gasteiger partial charge on any atom is -0.477 e. The number of aryl methyl sites for hydroxylation is 1. The van der Waals surface area contributed by atoms with Crippen molar-refractivity contribution in [2.24, 2.45) is 0 Å². The van der Waals surface area contributed by atoms with Crippen molar-refractivity contribution < 1.29 is 9.90 Å². The molecule has 0 bridgehead atoms. The van der Waals surface area contributed by atoms with Gasteiger partial charge < -0.3 is 5.11 Å². The zero-order valence-electron chi connectivity index (χ0n) is 10.7. The largest absolute Gasteiger partial charge is 0.477 e. The Kier molecular flexibility index (Phi) is 3.38. The molecule has 20 heavy (non-hydrogen) atoms. The molecule has 5 heteroatoms. The van der Waals surface area contributed by atoms with Crippen molar-refractivity contribution in [1.29, 1.82) is 0 Å². The van der Waals surface area contributed by atoms with Gasteiger partial charge in [-0.15, -0.1) is 22.7 Å². The Morgan fingerprint density at radius 3 is 2.40 bits per heavy atom. The molecule has 0 unspecified atom stereocenters. The Balaban J connectivity index is 1.98. The summed E-state index contributed by atoms with van der Waals surface area (Å²) in [5, 5.41) is 9.85. The molecule has 0 saturated heterocycles. The van der Waals surface area contributed by atoms with E-state index in [9.17, 15) is 4.79 Å². The molecule has 0 aliphatic heterocycles. The van der Waals surface area contributed by atoms with E-state index in [2.05, 4.69) is 17.1 Å². The van der Waals surface area contributed by atoms with Crippen LogP contribution in [0.3, 0.4) is 0 Å². The molecule has 3 rings (SSSR count). The SMILES string of the molecule is Cc1nc(-c2ccc(-c3ccccc3)s2)sc1C(=O)O. The Hall–Kier alpha value is -1.98. The lowest BCUT2D eigenvalue weighted by Crippen LogP contribution is -1.94. The van der Waals surface area contributed by atoms with E-state index in [-0.39, 0.29) is 0 Å². The second kappa shape index (κ2) is 5.19. The molecule has 2 heterocycles. The monoisotopic (exact) mass is 301 g/mol. The lowest BCUT2D eigenvalue weighted by molar-refractivity contribution is 0.0701. The highest BCUT2D eigenvalue weighted by Gasteiger charge is 2.16. The Morgan fingerprint density at radius 1 is 1.05 bits per heavy atom. The fourth-order valence-corrected chi connectivity index (χ4v) is 3.88. The minimum atomic E-state index is -0.911. The van der Waals surface area contributed by atoms with Crippen LogP contribution in [0.25, 0.3) is 20.3 Å². The van der Waals surface area contributed by atoms with Gasteiger partial charge in [-0.25, -0.2) is 9.78 Å².